The van der Waals surface area contributed by atoms with Crippen LogP contribution in [0, 0.1) is 11.8 Å². The second-order valence-corrected chi connectivity index (χ2v) is 12.1. The summed E-state index contributed by atoms with van der Waals surface area (Å²) in [5, 5.41) is 1.23. The van der Waals surface area contributed by atoms with Gasteiger partial charge in [-0.1, -0.05) is 12.1 Å². The Morgan fingerprint density at radius 2 is 1.97 bits per heavy atom. The molecule has 2 aliphatic heterocycles. The van der Waals surface area contributed by atoms with Crippen LogP contribution in [0.15, 0.2) is 36.4 Å². The second kappa shape index (κ2) is 8.57. The second-order valence-electron chi connectivity index (χ2n) is 12.1. The number of hydrogen-bond donors (Lipinski definition) is 1. The van der Waals surface area contributed by atoms with Crippen LogP contribution in [-0.4, -0.2) is 63.9 Å². The lowest BCUT2D eigenvalue weighted by Crippen LogP contribution is -2.41. The van der Waals surface area contributed by atoms with Gasteiger partial charge in [-0.05, 0) is 67.3 Å². The highest BCUT2D eigenvalue weighted by Crippen LogP contribution is 2.40. The quantitative estimate of drug-likeness (QED) is 0.406. The zero-order chi connectivity index (χ0) is 26.4. The monoisotopic (exact) mass is 525 g/mol. The van der Waals surface area contributed by atoms with Gasteiger partial charge in [0.25, 0.3) is 5.91 Å². The van der Waals surface area contributed by atoms with E-state index in [4.69, 9.17) is 20.2 Å². The molecule has 4 aliphatic rings. The number of fused-ring (bicyclic) bond motifs is 4. The van der Waals surface area contributed by atoms with Gasteiger partial charge in [-0.15, -0.1) is 0 Å². The molecule has 0 radical (unpaired) electrons. The van der Waals surface area contributed by atoms with E-state index in [2.05, 4.69) is 33.4 Å². The van der Waals surface area contributed by atoms with Gasteiger partial charge < -0.3 is 29.2 Å². The van der Waals surface area contributed by atoms with E-state index in [-0.39, 0.29) is 18.0 Å². The number of imidazole rings is 1. The van der Waals surface area contributed by atoms with Crippen molar-refractivity contribution in [3.05, 3.63) is 47.5 Å². The normalized spacial score (nSPS) is 24.7. The summed E-state index contributed by atoms with van der Waals surface area (Å²) in [4.78, 5) is 20.8. The Kier molecular flexibility index (Phi) is 5.17. The Bertz CT molecular complexity index is 1630. The van der Waals surface area contributed by atoms with E-state index in [9.17, 15) is 4.79 Å². The van der Waals surface area contributed by atoms with E-state index < -0.39 is 0 Å². The number of nitrogens with zero attached hydrogens (tertiary/aromatic N) is 4. The summed E-state index contributed by atoms with van der Waals surface area (Å²) in [7, 11) is 3.71. The first-order valence-electron chi connectivity index (χ1n) is 14.3. The maximum Gasteiger partial charge on any atom is 0.254 e. The average molecular weight is 526 g/mol. The van der Waals surface area contributed by atoms with Gasteiger partial charge in [0, 0.05) is 54.6 Å². The van der Waals surface area contributed by atoms with E-state index in [1.165, 1.54) is 29.3 Å². The zero-order valence-electron chi connectivity index (χ0n) is 22.6. The molecule has 4 aromatic rings. The molecule has 2 saturated carbocycles. The molecule has 8 nitrogen and oxygen atoms in total. The summed E-state index contributed by atoms with van der Waals surface area (Å²) in [5.74, 6) is 3.20. The average Bonchev–Trinajstić information content (AvgIpc) is 3.32. The van der Waals surface area contributed by atoms with Gasteiger partial charge in [-0.2, -0.15) is 0 Å². The SMILES string of the molecule is COc1cc(C(=O)N2C[C@H]3CC[C@@H]2[C@@H]3N)cc2nc(-c3cc4ccc(C5COC5)cc4n3CC3CC3)n(C)c12. The van der Waals surface area contributed by atoms with Gasteiger partial charge in [0.2, 0.25) is 0 Å². The highest BCUT2D eigenvalue weighted by molar-refractivity contribution is 6.00. The summed E-state index contributed by atoms with van der Waals surface area (Å²) >= 11 is 0. The molecule has 4 heterocycles. The molecule has 2 N–H and O–H groups in total. The Morgan fingerprint density at radius 3 is 2.64 bits per heavy atom. The van der Waals surface area contributed by atoms with Crippen LogP contribution in [0.4, 0.5) is 0 Å². The molecule has 2 aromatic heterocycles. The third kappa shape index (κ3) is 3.57. The number of aromatic nitrogens is 3. The first-order chi connectivity index (χ1) is 19.0. The number of nitrogens with two attached hydrogens (primary N) is 1. The molecule has 3 atom stereocenters. The van der Waals surface area contributed by atoms with Crippen LogP contribution in [0.1, 0.15) is 47.5 Å². The van der Waals surface area contributed by atoms with Gasteiger partial charge in [0.05, 0.1) is 31.5 Å². The summed E-state index contributed by atoms with van der Waals surface area (Å²) in [6.07, 6.45) is 4.66. The molecular weight excluding hydrogens is 490 g/mol. The molecule has 2 aromatic carbocycles. The van der Waals surface area contributed by atoms with Crippen molar-refractivity contribution in [3.8, 4) is 17.3 Å². The fourth-order valence-corrected chi connectivity index (χ4v) is 7.16. The number of hydrogen-bond acceptors (Lipinski definition) is 5. The number of methoxy groups -OCH3 is 1. The summed E-state index contributed by atoms with van der Waals surface area (Å²) in [6.45, 7) is 3.34. The minimum absolute atomic E-state index is 0.0282. The first-order valence-corrected chi connectivity index (χ1v) is 14.3. The number of benzene rings is 2. The van der Waals surface area contributed by atoms with E-state index in [1.54, 1.807) is 7.11 Å². The smallest absolute Gasteiger partial charge is 0.254 e. The number of rotatable bonds is 6. The Labute approximate surface area is 227 Å². The van der Waals surface area contributed by atoms with Crippen LogP contribution < -0.4 is 10.5 Å². The van der Waals surface area contributed by atoms with Crippen LogP contribution in [0.2, 0.25) is 0 Å². The topological polar surface area (TPSA) is 87.5 Å². The lowest BCUT2D eigenvalue weighted by atomic mass is 9.97. The molecule has 0 spiro atoms. The van der Waals surface area contributed by atoms with E-state index >= 15 is 0 Å². The van der Waals surface area contributed by atoms with E-state index in [0.29, 0.717) is 29.1 Å². The lowest BCUT2D eigenvalue weighted by molar-refractivity contribution is 0.00846. The van der Waals surface area contributed by atoms with Gasteiger partial charge in [-0.3, -0.25) is 4.79 Å². The predicted molar refractivity (Wildman–Crippen MR) is 150 cm³/mol. The van der Waals surface area contributed by atoms with Crippen LogP contribution in [-0.2, 0) is 18.3 Å². The number of aryl methyl sites for hydroxylation is 1. The molecule has 0 unspecified atom stereocenters. The number of piperidine rings is 1. The highest BCUT2D eigenvalue weighted by Gasteiger charge is 2.47. The Morgan fingerprint density at radius 1 is 1.13 bits per heavy atom. The van der Waals surface area contributed by atoms with Crippen molar-refractivity contribution in [3.63, 3.8) is 0 Å². The molecule has 4 fully saturated rings. The number of ether oxygens (including phenoxy) is 2. The maximum atomic E-state index is 13.6. The minimum atomic E-state index is 0.0282. The van der Waals surface area contributed by atoms with Crippen molar-refractivity contribution < 1.29 is 14.3 Å². The van der Waals surface area contributed by atoms with Crippen molar-refractivity contribution in [1.29, 1.82) is 0 Å². The molecule has 39 heavy (non-hydrogen) atoms. The van der Waals surface area contributed by atoms with E-state index in [1.807, 2.05) is 24.1 Å². The molecular formula is C31H35N5O3. The van der Waals surface area contributed by atoms with Crippen LogP contribution in [0.5, 0.6) is 5.75 Å². The standard InChI is InChI=1S/C31H35N5O3/c1-34-29-23(9-21(12-27(29)38-2)31(37)36-14-20-7-8-24(36)28(20)32)33-30(34)26-11-19-6-5-18(22-15-39-16-22)10-25(19)35(26)13-17-3-4-17/h5-6,9-12,17,20,22,24,28H,3-4,7-8,13-16,32H2,1-2H3/t20-,24-,28-/m1/s1. The molecule has 202 valence electrons. The third-order valence-corrected chi connectivity index (χ3v) is 9.72. The number of amides is 1. The zero-order valence-corrected chi connectivity index (χ0v) is 22.6. The van der Waals surface area contributed by atoms with Crippen LogP contribution in [0.3, 0.4) is 0 Å². The van der Waals surface area contributed by atoms with E-state index in [0.717, 1.165) is 61.7 Å². The molecule has 1 amide bonds. The van der Waals surface area contributed by atoms with Crippen LogP contribution in [0.25, 0.3) is 33.5 Å². The van der Waals surface area contributed by atoms with Crippen molar-refractivity contribution in [2.24, 2.45) is 24.6 Å². The minimum Gasteiger partial charge on any atom is -0.494 e. The number of carbonyl (C=O) groups is 1. The summed E-state index contributed by atoms with van der Waals surface area (Å²) in [5.41, 5.74) is 12.4. The lowest BCUT2D eigenvalue weighted by Gasteiger charge is -2.27. The number of carbonyl (C=O) groups excluding carboxylic acids is 1. The molecule has 8 rings (SSSR count). The molecule has 2 saturated heterocycles. The summed E-state index contributed by atoms with van der Waals surface area (Å²) < 4.78 is 15.9. The van der Waals surface area contributed by atoms with Gasteiger partial charge in [-0.25, -0.2) is 4.98 Å². The molecule has 2 bridgehead atoms. The largest absolute Gasteiger partial charge is 0.494 e. The molecule has 8 heteroatoms. The van der Waals surface area contributed by atoms with Crippen molar-refractivity contribution >= 4 is 27.8 Å². The third-order valence-electron chi connectivity index (χ3n) is 9.72. The molecule has 2 aliphatic carbocycles. The summed E-state index contributed by atoms with van der Waals surface area (Å²) in [6, 6.07) is 13.1. The van der Waals surface area contributed by atoms with Crippen molar-refractivity contribution in [2.75, 3.05) is 26.9 Å². The Balaban J connectivity index is 1.24. The highest BCUT2D eigenvalue weighted by atomic mass is 16.5. The predicted octanol–water partition coefficient (Wildman–Crippen LogP) is 4.29. The van der Waals surface area contributed by atoms with Crippen molar-refractivity contribution in [1.82, 2.24) is 19.0 Å². The van der Waals surface area contributed by atoms with Gasteiger partial charge in [0.15, 0.2) is 5.82 Å². The van der Waals surface area contributed by atoms with Gasteiger partial charge >= 0.3 is 0 Å². The fraction of sp³-hybridized carbons (Fsp3) is 0.484. The maximum absolute atomic E-state index is 13.6. The van der Waals surface area contributed by atoms with Gasteiger partial charge in [0.1, 0.15) is 11.3 Å². The number of likely N-dealkylation sites (tertiary alicyclic amines) is 1. The fourth-order valence-electron chi connectivity index (χ4n) is 7.16. The first kappa shape index (κ1) is 23.5. The Hall–Kier alpha value is -3.36. The van der Waals surface area contributed by atoms with Crippen molar-refractivity contribution in [2.45, 2.75) is 50.2 Å². The van der Waals surface area contributed by atoms with Crippen LogP contribution >= 0.6 is 0 Å².